The Morgan fingerprint density at radius 3 is 2.67 bits per heavy atom. The number of alkyl halides is 1. The van der Waals surface area contributed by atoms with Gasteiger partial charge in [-0.25, -0.2) is 4.39 Å². The molecule has 1 saturated heterocycles. The first-order valence-corrected chi connectivity index (χ1v) is 13.7. The summed E-state index contributed by atoms with van der Waals surface area (Å²) in [6.07, 6.45) is 2.90. The monoisotopic (exact) mass is 532 g/mol. The van der Waals surface area contributed by atoms with E-state index in [1.165, 1.54) is 6.20 Å². The van der Waals surface area contributed by atoms with Crippen LogP contribution in [0.25, 0.3) is 10.9 Å². The lowest BCUT2D eigenvalue weighted by Gasteiger charge is -2.41. The van der Waals surface area contributed by atoms with Gasteiger partial charge in [0.2, 0.25) is 0 Å². The van der Waals surface area contributed by atoms with Crippen LogP contribution in [0.1, 0.15) is 37.4 Å². The molecule has 194 valence electrons. The van der Waals surface area contributed by atoms with Gasteiger partial charge in [-0.05, 0) is 74.5 Å². The number of pyridine rings is 1. The number of nitrogens with zero attached hydrogens (tertiary/aromatic N) is 2. The highest BCUT2D eigenvalue weighted by molar-refractivity contribution is 7.99. The van der Waals surface area contributed by atoms with Gasteiger partial charge in [0.25, 0.3) is 0 Å². The SMILES string of the molecule is COc1ccc2ncc(Cl)c([C@H](F)CCC3(CO)CCN(CCSc4ccccc4OC)CC3)c2c1. The van der Waals surface area contributed by atoms with E-state index in [4.69, 9.17) is 21.1 Å². The summed E-state index contributed by atoms with van der Waals surface area (Å²) in [7, 11) is 3.28. The number of piperidine rings is 1. The Morgan fingerprint density at radius 2 is 1.94 bits per heavy atom. The molecule has 2 heterocycles. The lowest BCUT2D eigenvalue weighted by molar-refractivity contribution is 0.0323. The van der Waals surface area contributed by atoms with Gasteiger partial charge in [-0.3, -0.25) is 4.98 Å². The van der Waals surface area contributed by atoms with Gasteiger partial charge in [0.05, 0.1) is 24.8 Å². The van der Waals surface area contributed by atoms with E-state index in [2.05, 4.69) is 16.0 Å². The van der Waals surface area contributed by atoms with Crippen LogP contribution >= 0.6 is 23.4 Å². The van der Waals surface area contributed by atoms with Crippen molar-refractivity contribution in [2.75, 3.05) is 46.2 Å². The number of hydrogen-bond donors (Lipinski definition) is 1. The molecule has 0 bridgehead atoms. The maximum Gasteiger partial charge on any atom is 0.132 e. The summed E-state index contributed by atoms with van der Waals surface area (Å²) in [4.78, 5) is 7.91. The number of para-hydroxylation sites is 1. The molecule has 8 heteroatoms. The van der Waals surface area contributed by atoms with Gasteiger partial charge >= 0.3 is 0 Å². The summed E-state index contributed by atoms with van der Waals surface area (Å²) in [5, 5.41) is 11.3. The van der Waals surface area contributed by atoms with Gasteiger partial charge in [0, 0.05) is 40.9 Å². The molecular formula is C28H34ClFN2O3S. The van der Waals surface area contributed by atoms with Gasteiger partial charge in [-0.1, -0.05) is 23.7 Å². The van der Waals surface area contributed by atoms with Crippen LogP contribution in [-0.2, 0) is 0 Å². The number of aromatic nitrogens is 1. The minimum absolute atomic E-state index is 0.0716. The molecule has 5 nitrogen and oxygen atoms in total. The number of fused-ring (bicyclic) bond motifs is 1. The Kier molecular flexibility index (Phi) is 9.34. The summed E-state index contributed by atoms with van der Waals surface area (Å²) in [6.45, 7) is 2.85. The van der Waals surface area contributed by atoms with E-state index in [9.17, 15) is 5.11 Å². The molecule has 1 aliphatic heterocycles. The Labute approximate surface area is 222 Å². The van der Waals surface area contributed by atoms with Crippen molar-refractivity contribution in [3.63, 3.8) is 0 Å². The molecule has 0 spiro atoms. The van der Waals surface area contributed by atoms with E-state index in [-0.39, 0.29) is 12.0 Å². The number of thioether (sulfide) groups is 1. The molecule has 2 aromatic carbocycles. The van der Waals surface area contributed by atoms with E-state index in [0.29, 0.717) is 40.1 Å². The molecule has 36 heavy (non-hydrogen) atoms. The standard InChI is InChI=1S/C28H34ClFN2O3S/c1-34-20-7-8-24-21(17-20)27(22(29)18-31-24)23(30)9-10-28(19-33)11-13-32(14-12-28)15-16-36-26-6-4-3-5-25(26)35-2/h3-8,17-18,23,33H,9-16,19H2,1-2H3/t23-/m1/s1. The molecule has 1 aromatic heterocycles. The second-order valence-corrected chi connectivity index (χ2v) is 11.0. The summed E-state index contributed by atoms with van der Waals surface area (Å²) in [6, 6.07) is 13.5. The van der Waals surface area contributed by atoms with Crippen molar-refractivity contribution in [1.82, 2.24) is 9.88 Å². The minimum Gasteiger partial charge on any atom is -0.497 e. The van der Waals surface area contributed by atoms with Crippen molar-refractivity contribution in [2.24, 2.45) is 5.41 Å². The zero-order valence-corrected chi connectivity index (χ0v) is 22.5. The van der Waals surface area contributed by atoms with Gasteiger partial charge in [-0.2, -0.15) is 0 Å². The highest BCUT2D eigenvalue weighted by atomic mass is 35.5. The lowest BCUT2D eigenvalue weighted by atomic mass is 9.74. The third-order valence-electron chi connectivity index (χ3n) is 7.30. The molecule has 0 saturated carbocycles. The van der Waals surface area contributed by atoms with E-state index in [1.54, 1.807) is 32.0 Å². The van der Waals surface area contributed by atoms with Crippen LogP contribution in [-0.4, -0.2) is 61.2 Å². The largest absolute Gasteiger partial charge is 0.497 e. The molecule has 4 rings (SSSR count). The lowest BCUT2D eigenvalue weighted by Crippen LogP contribution is -2.42. The van der Waals surface area contributed by atoms with Crippen molar-refractivity contribution >= 4 is 34.3 Å². The Bertz CT molecular complexity index is 1160. The average molecular weight is 533 g/mol. The third-order valence-corrected chi connectivity index (χ3v) is 8.63. The Balaban J connectivity index is 1.33. The van der Waals surface area contributed by atoms with Crippen LogP contribution in [0, 0.1) is 5.41 Å². The molecule has 1 aliphatic rings. The smallest absolute Gasteiger partial charge is 0.132 e. The highest BCUT2D eigenvalue weighted by Crippen LogP contribution is 2.42. The molecule has 1 atom stereocenters. The molecule has 0 aliphatic carbocycles. The number of benzene rings is 2. The Morgan fingerprint density at radius 1 is 1.17 bits per heavy atom. The fourth-order valence-electron chi connectivity index (χ4n) is 4.95. The summed E-state index contributed by atoms with van der Waals surface area (Å²) in [5.41, 5.74) is 0.886. The number of methoxy groups -OCH3 is 2. The van der Waals surface area contributed by atoms with E-state index >= 15 is 4.39 Å². The molecular weight excluding hydrogens is 499 g/mol. The predicted molar refractivity (Wildman–Crippen MR) is 145 cm³/mol. The average Bonchev–Trinajstić information content (AvgIpc) is 2.92. The minimum atomic E-state index is -1.24. The quantitative estimate of drug-likeness (QED) is 0.282. The maximum absolute atomic E-state index is 15.6. The van der Waals surface area contributed by atoms with Crippen LogP contribution in [0.5, 0.6) is 11.5 Å². The molecule has 1 N–H and O–H groups in total. The van der Waals surface area contributed by atoms with Crippen molar-refractivity contribution < 1.29 is 19.0 Å². The van der Waals surface area contributed by atoms with Crippen molar-refractivity contribution in [3.05, 3.63) is 59.2 Å². The van der Waals surface area contributed by atoms with Gasteiger partial charge in [0.15, 0.2) is 0 Å². The topological polar surface area (TPSA) is 54.8 Å². The molecule has 0 amide bonds. The van der Waals surface area contributed by atoms with Crippen LogP contribution in [0.15, 0.2) is 53.6 Å². The fraction of sp³-hybridized carbons (Fsp3) is 0.464. The summed E-state index contributed by atoms with van der Waals surface area (Å²) in [5.74, 6) is 2.51. The van der Waals surface area contributed by atoms with Crippen LogP contribution in [0.2, 0.25) is 5.02 Å². The first-order chi connectivity index (χ1) is 17.5. The Hall–Kier alpha value is -2.06. The van der Waals surface area contributed by atoms with Crippen LogP contribution in [0.3, 0.4) is 0 Å². The summed E-state index contributed by atoms with van der Waals surface area (Å²) < 4.78 is 26.4. The maximum atomic E-state index is 15.6. The number of aliphatic hydroxyl groups is 1. The van der Waals surface area contributed by atoms with E-state index in [1.807, 2.05) is 30.3 Å². The summed E-state index contributed by atoms with van der Waals surface area (Å²) >= 11 is 8.20. The fourth-order valence-corrected chi connectivity index (χ4v) is 6.26. The number of rotatable bonds is 11. The zero-order chi connectivity index (χ0) is 25.5. The van der Waals surface area contributed by atoms with Crippen LogP contribution < -0.4 is 9.47 Å². The van der Waals surface area contributed by atoms with Crippen molar-refractivity contribution in [1.29, 1.82) is 0 Å². The van der Waals surface area contributed by atoms with Gasteiger partial charge < -0.3 is 19.5 Å². The van der Waals surface area contributed by atoms with Gasteiger partial charge in [-0.15, -0.1) is 11.8 Å². The van der Waals surface area contributed by atoms with Crippen LogP contribution in [0.4, 0.5) is 4.39 Å². The second kappa shape index (κ2) is 12.5. The second-order valence-electron chi connectivity index (χ2n) is 9.41. The van der Waals surface area contributed by atoms with Crippen molar-refractivity contribution in [3.8, 4) is 11.5 Å². The zero-order valence-electron chi connectivity index (χ0n) is 20.9. The molecule has 0 unspecified atom stereocenters. The number of ether oxygens (including phenoxy) is 2. The highest BCUT2D eigenvalue weighted by Gasteiger charge is 2.35. The first-order valence-electron chi connectivity index (χ1n) is 12.3. The first kappa shape index (κ1) is 27.0. The number of hydrogen-bond acceptors (Lipinski definition) is 6. The number of halogens is 2. The molecule has 1 fully saturated rings. The van der Waals surface area contributed by atoms with E-state index < -0.39 is 6.17 Å². The van der Waals surface area contributed by atoms with Crippen molar-refractivity contribution in [2.45, 2.75) is 36.8 Å². The third kappa shape index (κ3) is 6.25. The van der Waals surface area contributed by atoms with Gasteiger partial charge in [0.1, 0.15) is 17.7 Å². The number of likely N-dealkylation sites (tertiary alicyclic amines) is 1. The molecule has 3 aromatic rings. The number of aliphatic hydroxyl groups excluding tert-OH is 1. The van der Waals surface area contributed by atoms with E-state index in [0.717, 1.165) is 48.9 Å². The predicted octanol–water partition coefficient (Wildman–Crippen LogP) is 6.56. The molecule has 0 radical (unpaired) electrons. The normalized spacial score (nSPS) is 16.7.